The van der Waals surface area contributed by atoms with Crippen LogP contribution in [0.4, 0.5) is 0 Å². The minimum absolute atomic E-state index is 0.00708. The van der Waals surface area contributed by atoms with Gasteiger partial charge in [-0.05, 0) is 87.1 Å². The van der Waals surface area contributed by atoms with Gasteiger partial charge in [-0.15, -0.1) is 0 Å². The van der Waals surface area contributed by atoms with E-state index in [4.69, 9.17) is 11.5 Å². The molecular weight excluding hydrogens is 889 g/mol. The van der Waals surface area contributed by atoms with E-state index in [9.17, 15) is 48.3 Å². The number of benzene rings is 1. The molecule has 0 saturated carbocycles. The molecule has 0 aliphatic heterocycles. The topological polar surface area (TPSA) is 322 Å². The highest BCUT2D eigenvalue weighted by Crippen LogP contribution is 2.14. The fraction of sp³-hybridized carbons (Fsp3) is 0.694. The third-order valence-corrected chi connectivity index (χ3v) is 11.5. The standard InChI is InChI=1S/C49H84N10O10/c1-12-31(10)40(51)47(66)58-37(24-29(6)7)46(65)57-36(23-28(4)5)45(64)56-35(22-27(2)3)44(63)55-34(20-16-17-21-50)43(62)59-41(30(8)9)48(67)53-32(11)42(61)52-26-39(60)54-38(49(68)69)25-33-18-14-13-15-19-33/h13-15,18-19,27-32,34-38,40-41H,12,16-17,20-26,50-51H2,1-11H3,(H,52,61)(H,53,67)(H,54,60)(H,55,63)(H,56,64)(H,57,65)(H,58,66)(H,59,62)(H,68,69)/t31-,32-,34-,35-,36-,37-,38-,40-,41-/m0/s1. The van der Waals surface area contributed by atoms with Gasteiger partial charge in [0.15, 0.2) is 0 Å². The summed E-state index contributed by atoms with van der Waals surface area (Å²) in [6, 6.07) is -0.0993. The van der Waals surface area contributed by atoms with Gasteiger partial charge in [-0.1, -0.05) is 106 Å². The zero-order valence-corrected chi connectivity index (χ0v) is 42.7. The Morgan fingerprint density at radius 3 is 1.45 bits per heavy atom. The normalized spacial score (nSPS) is 15.3. The lowest BCUT2D eigenvalue weighted by Gasteiger charge is -2.29. The van der Waals surface area contributed by atoms with Crippen LogP contribution in [0.1, 0.15) is 127 Å². The van der Waals surface area contributed by atoms with Crippen molar-refractivity contribution < 1.29 is 48.3 Å². The molecule has 0 aromatic heterocycles. The SMILES string of the molecule is CC[C@H](C)[C@H](N)C(=O)N[C@@H](CC(C)C)C(=O)N[C@@H](CC(C)C)C(=O)N[C@@H](CC(C)C)C(=O)N[C@@H](CCCCN)C(=O)N[C@H](C(=O)N[C@@H](C)C(=O)NCC(=O)N[C@@H](Cc1ccccc1)C(=O)O)C(C)C. The third kappa shape index (κ3) is 23.5. The van der Waals surface area contributed by atoms with Gasteiger partial charge < -0.3 is 59.1 Å². The number of unbranched alkanes of at least 4 members (excludes halogenated alkanes) is 1. The number of rotatable bonds is 32. The monoisotopic (exact) mass is 973 g/mol. The predicted molar refractivity (Wildman–Crippen MR) is 264 cm³/mol. The van der Waals surface area contributed by atoms with Gasteiger partial charge in [-0.3, -0.25) is 38.4 Å². The second-order valence-corrected chi connectivity index (χ2v) is 19.7. The van der Waals surface area contributed by atoms with Crippen LogP contribution in [0, 0.1) is 29.6 Å². The quantitative estimate of drug-likeness (QED) is 0.0453. The molecule has 0 aliphatic carbocycles. The molecule has 8 amide bonds. The minimum Gasteiger partial charge on any atom is -0.480 e. The van der Waals surface area contributed by atoms with Crippen LogP contribution in [0.25, 0.3) is 0 Å². The Labute approximate surface area is 408 Å². The Hall–Kier alpha value is -5.63. The van der Waals surface area contributed by atoms with Gasteiger partial charge in [0.2, 0.25) is 47.3 Å². The lowest BCUT2D eigenvalue weighted by molar-refractivity contribution is -0.141. The first-order valence-corrected chi connectivity index (χ1v) is 24.4. The molecule has 0 heterocycles. The predicted octanol–water partition coefficient (Wildman–Crippen LogP) is 1.14. The minimum atomic E-state index is -1.25. The maximum Gasteiger partial charge on any atom is 0.326 e. The van der Waals surface area contributed by atoms with Gasteiger partial charge in [-0.25, -0.2) is 4.79 Å². The summed E-state index contributed by atoms with van der Waals surface area (Å²) in [5.41, 5.74) is 12.6. The summed E-state index contributed by atoms with van der Waals surface area (Å²) in [5.74, 6) is -7.30. The molecule has 0 aliphatic rings. The molecule has 390 valence electrons. The number of hydrogen-bond donors (Lipinski definition) is 11. The molecule has 0 saturated heterocycles. The van der Waals surface area contributed by atoms with Crippen molar-refractivity contribution in [1.82, 2.24) is 42.5 Å². The molecule has 20 nitrogen and oxygen atoms in total. The lowest BCUT2D eigenvalue weighted by Crippen LogP contribution is -2.60. The van der Waals surface area contributed by atoms with Gasteiger partial charge in [-0.2, -0.15) is 0 Å². The van der Waals surface area contributed by atoms with E-state index in [2.05, 4.69) is 42.5 Å². The van der Waals surface area contributed by atoms with Crippen LogP contribution in [0.15, 0.2) is 30.3 Å². The zero-order chi connectivity index (χ0) is 52.5. The number of hydrogen-bond acceptors (Lipinski definition) is 11. The average Bonchev–Trinajstić information content (AvgIpc) is 3.27. The van der Waals surface area contributed by atoms with E-state index in [1.165, 1.54) is 6.92 Å². The highest BCUT2D eigenvalue weighted by Gasteiger charge is 2.35. The third-order valence-electron chi connectivity index (χ3n) is 11.5. The zero-order valence-electron chi connectivity index (χ0n) is 42.7. The Bertz CT molecular complexity index is 1830. The van der Waals surface area contributed by atoms with Crippen LogP contribution in [0.3, 0.4) is 0 Å². The Morgan fingerprint density at radius 1 is 0.551 bits per heavy atom. The van der Waals surface area contributed by atoms with Gasteiger partial charge in [0.05, 0.1) is 12.6 Å². The van der Waals surface area contributed by atoms with Crippen molar-refractivity contribution in [1.29, 1.82) is 0 Å². The van der Waals surface area contributed by atoms with Crippen molar-refractivity contribution in [2.24, 2.45) is 41.1 Å². The van der Waals surface area contributed by atoms with Crippen LogP contribution < -0.4 is 54.0 Å². The molecule has 1 aromatic rings. The number of carboxylic acid groups (broad SMARTS) is 1. The van der Waals surface area contributed by atoms with Gasteiger partial charge in [0.25, 0.3) is 0 Å². The second-order valence-electron chi connectivity index (χ2n) is 19.7. The molecule has 69 heavy (non-hydrogen) atoms. The molecular formula is C49H84N10O10. The largest absolute Gasteiger partial charge is 0.480 e. The van der Waals surface area contributed by atoms with E-state index < -0.39 is 114 Å². The lowest BCUT2D eigenvalue weighted by atomic mass is 9.97. The molecule has 0 fully saturated rings. The summed E-state index contributed by atoms with van der Waals surface area (Å²) in [6.07, 6.45) is 2.44. The van der Waals surface area contributed by atoms with Crippen LogP contribution in [-0.2, 0) is 49.6 Å². The average molecular weight is 973 g/mol. The number of carboxylic acids is 1. The van der Waals surface area contributed by atoms with Crippen LogP contribution in [0.5, 0.6) is 0 Å². The smallest absolute Gasteiger partial charge is 0.326 e. The van der Waals surface area contributed by atoms with E-state index in [1.807, 2.05) is 55.4 Å². The van der Waals surface area contributed by atoms with Crippen molar-refractivity contribution in [3.05, 3.63) is 35.9 Å². The van der Waals surface area contributed by atoms with E-state index in [-0.39, 0.29) is 55.8 Å². The number of nitrogens with one attached hydrogen (secondary N) is 8. The van der Waals surface area contributed by atoms with Crippen molar-refractivity contribution >= 4 is 53.2 Å². The number of amides is 8. The fourth-order valence-electron chi connectivity index (χ4n) is 7.24. The van der Waals surface area contributed by atoms with E-state index in [1.54, 1.807) is 44.2 Å². The summed E-state index contributed by atoms with van der Waals surface area (Å²) in [6.45, 7) is 19.5. The number of nitrogens with two attached hydrogens (primary N) is 2. The summed E-state index contributed by atoms with van der Waals surface area (Å²) in [4.78, 5) is 120. The Balaban J connectivity index is 3.19. The van der Waals surface area contributed by atoms with Crippen molar-refractivity contribution in [3.63, 3.8) is 0 Å². The molecule has 1 aromatic carbocycles. The Morgan fingerprint density at radius 2 is 1.01 bits per heavy atom. The molecule has 13 N–H and O–H groups in total. The second kappa shape index (κ2) is 31.5. The molecule has 0 bridgehead atoms. The van der Waals surface area contributed by atoms with Gasteiger partial charge in [0.1, 0.15) is 42.3 Å². The van der Waals surface area contributed by atoms with Crippen LogP contribution >= 0.6 is 0 Å². The molecule has 0 unspecified atom stereocenters. The van der Waals surface area contributed by atoms with E-state index in [0.29, 0.717) is 31.4 Å². The van der Waals surface area contributed by atoms with Crippen molar-refractivity contribution in [3.8, 4) is 0 Å². The summed E-state index contributed by atoms with van der Waals surface area (Å²) >= 11 is 0. The first kappa shape index (κ1) is 61.4. The van der Waals surface area contributed by atoms with Crippen LogP contribution in [-0.4, -0.2) is 120 Å². The number of carbonyl (C=O) groups is 9. The van der Waals surface area contributed by atoms with Gasteiger partial charge in [0, 0.05) is 6.42 Å². The van der Waals surface area contributed by atoms with Gasteiger partial charge >= 0.3 is 5.97 Å². The van der Waals surface area contributed by atoms with Crippen molar-refractivity contribution in [2.75, 3.05) is 13.1 Å². The highest BCUT2D eigenvalue weighted by atomic mass is 16.4. The molecule has 0 radical (unpaired) electrons. The molecule has 9 atom stereocenters. The Kier molecular flexibility index (Phi) is 28.0. The van der Waals surface area contributed by atoms with E-state index >= 15 is 0 Å². The maximum atomic E-state index is 14.1. The van der Waals surface area contributed by atoms with Crippen molar-refractivity contribution in [2.45, 2.75) is 176 Å². The first-order valence-electron chi connectivity index (χ1n) is 24.4. The number of aliphatic carboxylic acids is 1. The van der Waals surface area contributed by atoms with E-state index in [0.717, 1.165) is 0 Å². The maximum absolute atomic E-state index is 14.1. The molecule has 20 heteroatoms. The summed E-state index contributed by atoms with van der Waals surface area (Å²) in [7, 11) is 0. The highest BCUT2D eigenvalue weighted by molar-refractivity contribution is 5.97. The first-order chi connectivity index (χ1) is 32.3. The summed E-state index contributed by atoms with van der Waals surface area (Å²) in [5, 5.41) is 30.8. The fourth-order valence-corrected chi connectivity index (χ4v) is 7.24. The molecule has 0 spiro atoms. The van der Waals surface area contributed by atoms with Crippen LogP contribution in [0.2, 0.25) is 0 Å². The summed E-state index contributed by atoms with van der Waals surface area (Å²) < 4.78 is 0. The number of carbonyl (C=O) groups excluding carboxylic acids is 8. The molecule has 1 rings (SSSR count).